The average molecular weight is 314 g/mol. The fraction of sp³-hybridized carbons (Fsp3) is 0.600. The van der Waals surface area contributed by atoms with Crippen LogP contribution in [-0.4, -0.2) is 35.3 Å². The Morgan fingerprint density at radius 1 is 1.36 bits per heavy atom. The third kappa shape index (κ3) is 2.53. The Kier molecular flexibility index (Phi) is 3.53. The van der Waals surface area contributed by atoms with Gasteiger partial charge < -0.3 is 10.0 Å². The molecule has 7 heteroatoms. The average Bonchev–Trinajstić information content (AvgIpc) is 2.44. The summed E-state index contributed by atoms with van der Waals surface area (Å²) in [5.41, 5.74) is -0.810. The van der Waals surface area contributed by atoms with E-state index in [1.165, 1.54) is 6.07 Å². The number of aromatic nitrogens is 1. The monoisotopic (exact) mass is 314 g/mol. The fourth-order valence-electron chi connectivity index (χ4n) is 3.72. The summed E-state index contributed by atoms with van der Waals surface area (Å²) in [4.78, 5) is 16.8. The first-order valence-electron chi connectivity index (χ1n) is 7.34. The van der Waals surface area contributed by atoms with Gasteiger partial charge in [0.25, 0.3) is 0 Å². The van der Waals surface area contributed by atoms with Gasteiger partial charge in [-0.25, -0.2) is 9.78 Å². The maximum atomic E-state index is 13.2. The lowest BCUT2D eigenvalue weighted by atomic mass is 9.58. The summed E-state index contributed by atoms with van der Waals surface area (Å²) in [6.07, 6.45) is -2.15. The first-order valence-corrected chi connectivity index (χ1v) is 7.34. The Bertz CT molecular complexity index is 584. The molecule has 1 spiro atoms. The van der Waals surface area contributed by atoms with E-state index in [2.05, 4.69) is 4.98 Å². The lowest BCUT2D eigenvalue weighted by Gasteiger charge is -2.54. The van der Waals surface area contributed by atoms with Crippen molar-refractivity contribution in [1.29, 1.82) is 0 Å². The van der Waals surface area contributed by atoms with Crippen molar-refractivity contribution in [1.82, 2.24) is 4.98 Å². The molecule has 0 bridgehead atoms. The molecule has 1 saturated heterocycles. The van der Waals surface area contributed by atoms with Gasteiger partial charge in [0.1, 0.15) is 5.82 Å². The van der Waals surface area contributed by atoms with E-state index in [0.717, 1.165) is 6.42 Å². The summed E-state index contributed by atoms with van der Waals surface area (Å²) in [6, 6.07) is 4.62. The molecule has 1 aliphatic heterocycles. The number of hydrogen-bond acceptors (Lipinski definition) is 3. The summed E-state index contributed by atoms with van der Waals surface area (Å²) < 4.78 is 39.7. The van der Waals surface area contributed by atoms with E-state index in [-0.39, 0.29) is 18.7 Å². The highest BCUT2D eigenvalue weighted by atomic mass is 19.4. The van der Waals surface area contributed by atoms with Gasteiger partial charge in [0.2, 0.25) is 0 Å². The molecule has 1 aromatic rings. The maximum Gasteiger partial charge on any atom is 0.392 e. The molecule has 3 rings (SSSR count). The van der Waals surface area contributed by atoms with Crippen LogP contribution in [0.15, 0.2) is 18.2 Å². The van der Waals surface area contributed by atoms with Gasteiger partial charge in [-0.15, -0.1) is 0 Å². The number of nitrogens with zero attached hydrogens (tertiary/aromatic N) is 2. The molecule has 4 nitrogen and oxygen atoms in total. The zero-order chi connectivity index (χ0) is 16.0. The van der Waals surface area contributed by atoms with Crippen molar-refractivity contribution in [3.05, 3.63) is 23.9 Å². The van der Waals surface area contributed by atoms with E-state index in [0.29, 0.717) is 25.2 Å². The minimum Gasteiger partial charge on any atom is -0.477 e. The van der Waals surface area contributed by atoms with Crippen molar-refractivity contribution in [2.75, 3.05) is 18.0 Å². The van der Waals surface area contributed by atoms with Crippen LogP contribution in [0.2, 0.25) is 0 Å². The SMILES string of the molecule is O=C(O)c1cccc(N2CCC(C(F)(F)F)C3(CCC3)C2)n1. The minimum absolute atomic E-state index is 0.0441. The van der Waals surface area contributed by atoms with Crippen LogP contribution in [0.3, 0.4) is 0 Å². The number of anilines is 1. The second-order valence-corrected chi connectivity index (χ2v) is 6.21. The number of hydrogen-bond donors (Lipinski definition) is 1. The van der Waals surface area contributed by atoms with Crippen molar-refractivity contribution >= 4 is 11.8 Å². The summed E-state index contributed by atoms with van der Waals surface area (Å²) in [7, 11) is 0. The van der Waals surface area contributed by atoms with Gasteiger partial charge in [-0.3, -0.25) is 0 Å². The van der Waals surface area contributed by atoms with Crippen molar-refractivity contribution < 1.29 is 23.1 Å². The van der Waals surface area contributed by atoms with Crippen LogP contribution < -0.4 is 4.90 Å². The Morgan fingerprint density at radius 2 is 2.09 bits per heavy atom. The van der Waals surface area contributed by atoms with Crippen LogP contribution in [0, 0.1) is 11.3 Å². The quantitative estimate of drug-likeness (QED) is 0.909. The maximum absolute atomic E-state index is 13.2. The molecule has 0 radical (unpaired) electrons. The van der Waals surface area contributed by atoms with E-state index in [9.17, 15) is 18.0 Å². The van der Waals surface area contributed by atoms with E-state index in [1.54, 1.807) is 17.0 Å². The number of carbonyl (C=O) groups is 1. The number of alkyl halides is 3. The highest BCUT2D eigenvalue weighted by Crippen LogP contribution is 2.56. The largest absolute Gasteiger partial charge is 0.477 e. The molecule has 22 heavy (non-hydrogen) atoms. The molecule has 1 N–H and O–H groups in total. The molecular weight excluding hydrogens is 297 g/mol. The molecule has 0 aromatic carbocycles. The topological polar surface area (TPSA) is 53.4 Å². The number of pyridine rings is 1. The van der Waals surface area contributed by atoms with Crippen molar-refractivity contribution in [2.45, 2.75) is 31.9 Å². The first-order chi connectivity index (χ1) is 10.3. The summed E-state index contributed by atoms with van der Waals surface area (Å²) >= 11 is 0. The Hall–Kier alpha value is -1.79. The Labute approximate surface area is 126 Å². The molecule has 1 saturated carbocycles. The highest BCUT2D eigenvalue weighted by Gasteiger charge is 2.58. The minimum atomic E-state index is -4.16. The third-order valence-electron chi connectivity index (χ3n) is 4.95. The lowest BCUT2D eigenvalue weighted by molar-refractivity contribution is -0.225. The van der Waals surface area contributed by atoms with E-state index in [1.807, 2.05) is 0 Å². The van der Waals surface area contributed by atoms with E-state index >= 15 is 0 Å². The van der Waals surface area contributed by atoms with Crippen LogP contribution in [0.25, 0.3) is 0 Å². The second kappa shape index (κ2) is 5.14. The molecule has 2 fully saturated rings. The lowest BCUT2D eigenvalue weighted by Crippen LogP contribution is -2.56. The third-order valence-corrected chi connectivity index (χ3v) is 4.95. The van der Waals surface area contributed by atoms with Gasteiger partial charge >= 0.3 is 12.1 Å². The normalized spacial score (nSPS) is 24.1. The van der Waals surface area contributed by atoms with E-state index < -0.39 is 23.5 Å². The van der Waals surface area contributed by atoms with Crippen LogP contribution in [0.5, 0.6) is 0 Å². The van der Waals surface area contributed by atoms with Crippen LogP contribution in [-0.2, 0) is 0 Å². The highest BCUT2D eigenvalue weighted by molar-refractivity contribution is 5.85. The van der Waals surface area contributed by atoms with Crippen molar-refractivity contribution in [3.63, 3.8) is 0 Å². The van der Waals surface area contributed by atoms with Gasteiger partial charge in [-0.05, 0) is 36.8 Å². The standard InChI is InChI=1S/C15H17F3N2O2/c16-15(17,18)11-5-8-20(9-14(11)6-2-7-14)12-4-1-3-10(19-12)13(21)22/h1,3-4,11H,2,5-9H2,(H,21,22). The zero-order valence-electron chi connectivity index (χ0n) is 11.9. The van der Waals surface area contributed by atoms with Crippen molar-refractivity contribution in [3.8, 4) is 0 Å². The zero-order valence-corrected chi connectivity index (χ0v) is 11.9. The van der Waals surface area contributed by atoms with Gasteiger partial charge in [0.05, 0.1) is 5.92 Å². The van der Waals surface area contributed by atoms with E-state index in [4.69, 9.17) is 5.11 Å². The number of rotatable bonds is 2. The number of halogens is 3. The van der Waals surface area contributed by atoms with Gasteiger partial charge in [0, 0.05) is 13.1 Å². The van der Waals surface area contributed by atoms with Crippen LogP contribution in [0.1, 0.15) is 36.2 Å². The van der Waals surface area contributed by atoms with Crippen LogP contribution in [0.4, 0.5) is 19.0 Å². The molecule has 1 unspecified atom stereocenters. The van der Waals surface area contributed by atoms with Gasteiger partial charge in [0.15, 0.2) is 5.69 Å². The molecular formula is C15H17F3N2O2. The number of carboxylic acid groups (broad SMARTS) is 1. The smallest absolute Gasteiger partial charge is 0.392 e. The Balaban J connectivity index is 1.84. The van der Waals surface area contributed by atoms with Gasteiger partial charge in [-0.2, -0.15) is 13.2 Å². The van der Waals surface area contributed by atoms with Crippen molar-refractivity contribution in [2.24, 2.45) is 11.3 Å². The molecule has 0 amide bonds. The Morgan fingerprint density at radius 3 is 2.64 bits per heavy atom. The van der Waals surface area contributed by atoms with Crippen LogP contribution >= 0.6 is 0 Å². The second-order valence-electron chi connectivity index (χ2n) is 6.21. The molecule has 2 heterocycles. The molecule has 120 valence electrons. The predicted molar refractivity (Wildman–Crippen MR) is 73.9 cm³/mol. The molecule has 1 atom stereocenters. The molecule has 1 aromatic heterocycles. The summed E-state index contributed by atoms with van der Waals surface area (Å²) in [6.45, 7) is 0.551. The number of aromatic carboxylic acids is 1. The molecule has 1 aliphatic carbocycles. The first kappa shape index (κ1) is 15.1. The number of piperidine rings is 1. The number of carboxylic acids is 1. The predicted octanol–water partition coefficient (Wildman–Crippen LogP) is 3.34. The fourth-order valence-corrected chi connectivity index (χ4v) is 3.72. The summed E-state index contributed by atoms with van der Waals surface area (Å²) in [5.74, 6) is -1.94. The van der Waals surface area contributed by atoms with Gasteiger partial charge in [-0.1, -0.05) is 12.5 Å². The molecule has 2 aliphatic rings. The summed E-state index contributed by atoms with van der Waals surface area (Å²) in [5, 5.41) is 8.99.